The van der Waals surface area contributed by atoms with Crippen LogP contribution in [0.5, 0.6) is 11.5 Å². The van der Waals surface area contributed by atoms with Crippen molar-refractivity contribution in [3.8, 4) is 11.5 Å². The van der Waals surface area contributed by atoms with Gasteiger partial charge in [-0.1, -0.05) is 12.1 Å². The number of urea groups is 1. The van der Waals surface area contributed by atoms with Crippen LogP contribution in [0.25, 0.3) is 0 Å². The predicted molar refractivity (Wildman–Crippen MR) is 133 cm³/mol. The fourth-order valence-electron chi connectivity index (χ4n) is 3.64. The third-order valence-electron chi connectivity index (χ3n) is 5.64. The number of amides is 3. The summed E-state index contributed by atoms with van der Waals surface area (Å²) in [5, 5.41) is 4.56. The first-order valence-electron chi connectivity index (χ1n) is 11.7. The van der Waals surface area contributed by atoms with Crippen LogP contribution in [-0.2, 0) is 27.3 Å². The highest BCUT2D eigenvalue weighted by atomic mass is 32.1. The lowest BCUT2D eigenvalue weighted by Gasteiger charge is -2.27. The first kappa shape index (κ1) is 26.3. The third kappa shape index (κ3) is 7.88. The highest BCUT2D eigenvalue weighted by molar-refractivity contribution is 7.09. The summed E-state index contributed by atoms with van der Waals surface area (Å²) < 4.78 is 15.6. The number of hydrogen-bond donors (Lipinski definition) is 1. The van der Waals surface area contributed by atoms with E-state index >= 15 is 0 Å². The molecule has 0 atom stereocenters. The Morgan fingerprint density at radius 3 is 2.51 bits per heavy atom. The summed E-state index contributed by atoms with van der Waals surface area (Å²) in [6.07, 6.45) is 2.31. The lowest BCUT2D eigenvalue weighted by Crippen LogP contribution is -2.49. The molecule has 1 heterocycles. The topological polar surface area (TPSA) is 97.4 Å². The number of nitrogens with one attached hydrogen (secondary N) is 1. The van der Waals surface area contributed by atoms with E-state index in [1.165, 1.54) is 4.90 Å². The maximum Gasteiger partial charge on any atom is 0.325 e. The minimum atomic E-state index is -0.503. The summed E-state index contributed by atoms with van der Waals surface area (Å²) in [7, 11) is 3.18. The molecule has 35 heavy (non-hydrogen) atoms. The van der Waals surface area contributed by atoms with Gasteiger partial charge in [0, 0.05) is 17.5 Å². The lowest BCUT2D eigenvalue weighted by atomic mass is 10.1. The van der Waals surface area contributed by atoms with Gasteiger partial charge in [-0.15, -0.1) is 11.3 Å². The number of rotatable bonds is 13. The monoisotopic (exact) mass is 503 g/mol. The van der Waals surface area contributed by atoms with E-state index in [4.69, 9.17) is 14.2 Å². The zero-order valence-electron chi connectivity index (χ0n) is 20.5. The first-order valence-corrected chi connectivity index (χ1v) is 12.5. The SMILES string of the molecule is CCOC(=O)CNC(=O)N(CC(=O)N(CCc1ccc(OC)c(OC)c1)Cc1cccs1)C1CC1. The van der Waals surface area contributed by atoms with Gasteiger partial charge in [-0.3, -0.25) is 9.59 Å². The van der Waals surface area contributed by atoms with Gasteiger partial charge in [0.15, 0.2) is 11.5 Å². The highest BCUT2D eigenvalue weighted by Crippen LogP contribution is 2.29. The maximum atomic E-state index is 13.4. The Labute approximate surface area is 209 Å². The Kier molecular flexibility index (Phi) is 9.77. The van der Waals surface area contributed by atoms with E-state index < -0.39 is 12.0 Å². The van der Waals surface area contributed by atoms with Gasteiger partial charge in [0.2, 0.25) is 5.91 Å². The maximum absolute atomic E-state index is 13.4. The molecule has 0 spiro atoms. The Morgan fingerprint density at radius 2 is 1.89 bits per heavy atom. The Balaban J connectivity index is 1.67. The molecule has 1 fully saturated rings. The summed E-state index contributed by atoms with van der Waals surface area (Å²) in [6.45, 7) is 2.64. The van der Waals surface area contributed by atoms with E-state index in [0.717, 1.165) is 23.3 Å². The molecule has 0 radical (unpaired) electrons. The molecule has 1 aromatic carbocycles. The van der Waals surface area contributed by atoms with Crippen molar-refractivity contribution in [1.82, 2.24) is 15.1 Å². The molecule has 0 unspecified atom stereocenters. The number of hydrogen-bond acceptors (Lipinski definition) is 7. The summed E-state index contributed by atoms with van der Waals surface area (Å²) in [5.41, 5.74) is 1.01. The van der Waals surface area contributed by atoms with Crippen molar-refractivity contribution in [3.05, 3.63) is 46.2 Å². The third-order valence-corrected chi connectivity index (χ3v) is 6.50. The smallest absolute Gasteiger partial charge is 0.325 e. The second-order valence-electron chi connectivity index (χ2n) is 8.16. The molecule has 0 saturated heterocycles. The first-order chi connectivity index (χ1) is 16.9. The van der Waals surface area contributed by atoms with Gasteiger partial charge in [-0.05, 0) is 55.3 Å². The summed E-state index contributed by atoms with van der Waals surface area (Å²) in [6, 6.07) is 9.24. The minimum Gasteiger partial charge on any atom is -0.493 e. The molecule has 0 bridgehead atoms. The Bertz CT molecular complexity index is 993. The minimum absolute atomic E-state index is 0.00980. The standard InChI is InChI=1S/C25H33N3O6S/c1-4-34-24(30)15-26-25(31)28(19-8-9-19)17-23(29)27(16-20-6-5-13-35-20)12-11-18-7-10-21(32-2)22(14-18)33-3/h5-7,10,13-14,19H,4,8-9,11-12,15-17H2,1-3H3,(H,26,31). The fourth-order valence-corrected chi connectivity index (χ4v) is 4.36. The molecule has 0 aliphatic heterocycles. The van der Waals surface area contributed by atoms with Gasteiger partial charge in [-0.25, -0.2) is 4.79 Å². The molecule has 1 aromatic heterocycles. The summed E-state index contributed by atoms with van der Waals surface area (Å²) >= 11 is 1.59. The fraction of sp³-hybridized carbons (Fsp3) is 0.480. The molecule has 1 aliphatic carbocycles. The van der Waals surface area contributed by atoms with Gasteiger partial charge < -0.3 is 29.3 Å². The second kappa shape index (κ2) is 13.0. The zero-order chi connectivity index (χ0) is 25.2. The van der Waals surface area contributed by atoms with Crippen molar-refractivity contribution in [3.63, 3.8) is 0 Å². The van der Waals surface area contributed by atoms with Gasteiger partial charge in [-0.2, -0.15) is 0 Å². The van der Waals surface area contributed by atoms with E-state index in [1.54, 1.807) is 37.4 Å². The van der Waals surface area contributed by atoms with E-state index in [-0.39, 0.29) is 31.6 Å². The van der Waals surface area contributed by atoms with Gasteiger partial charge in [0.1, 0.15) is 13.1 Å². The van der Waals surface area contributed by atoms with Crippen LogP contribution in [0.15, 0.2) is 35.7 Å². The zero-order valence-corrected chi connectivity index (χ0v) is 21.3. The molecule has 3 amide bonds. The number of carbonyl (C=O) groups excluding carboxylic acids is 3. The van der Waals surface area contributed by atoms with Crippen LogP contribution in [0.3, 0.4) is 0 Å². The predicted octanol–water partition coefficient (Wildman–Crippen LogP) is 3.07. The average molecular weight is 504 g/mol. The quantitative estimate of drug-likeness (QED) is 0.422. The van der Waals surface area contributed by atoms with Crippen molar-refractivity contribution in [2.75, 3.05) is 40.5 Å². The van der Waals surface area contributed by atoms with E-state index in [2.05, 4.69) is 5.32 Å². The number of methoxy groups -OCH3 is 2. The number of thiophene rings is 1. The average Bonchev–Trinajstić information content (AvgIpc) is 3.58. The van der Waals surface area contributed by atoms with Crippen LogP contribution in [0, 0.1) is 0 Å². The summed E-state index contributed by atoms with van der Waals surface area (Å²) in [5.74, 6) is 0.644. The largest absolute Gasteiger partial charge is 0.493 e. The number of benzene rings is 1. The molecule has 190 valence electrons. The van der Waals surface area contributed by atoms with Crippen molar-refractivity contribution >= 4 is 29.2 Å². The van der Waals surface area contributed by atoms with Crippen LogP contribution in [0.2, 0.25) is 0 Å². The van der Waals surface area contributed by atoms with Crippen LogP contribution >= 0.6 is 11.3 Å². The number of ether oxygens (including phenoxy) is 3. The van der Waals surface area contributed by atoms with Gasteiger partial charge >= 0.3 is 12.0 Å². The van der Waals surface area contributed by atoms with Crippen LogP contribution in [0.4, 0.5) is 4.79 Å². The molecule has 1 N–H and O–H groups in total. The van der Waals surface area contributed by atoms with Gasteiger partial charge in [0.25, 0.3) is 0 Å². The molecule has 3 rings (SSSR count). The molecular weight excluding hydrogens is 470 g/mol. The van der Waals surface area contributed by atoms with Gasteiger partial charge in [0.05, 0.1) is 27.4 Å². The lowest BCUT2D eigenvalue weighted by molar-refractivity contribution is -0.141. The Morgan fingerprint density at radius 1 is 1.11 bits per heavy atom. The van der Waals surface area contributed by atoms with Crippen molar-refractivity contribution in [2.24, 2.45) is 0 Å². The number of carbonyl (C=O) groups is 3. The molecule has 9 nitrogen and oxygen atoms in total. The number of esters is 1. The van der Waals surface area contributed by atoms with Crippen molar-refractivity contribution < 1.29 is 28.6 Å². The molecule has 1 aliphatic rings. The van der Waals surface area contributed by atoms with Crippen molar-refractivity contribution in [1.29, 1.82) is 0 Å². The summed E-state index contributed by atoms with van der Waals surface area (Å²) in [4.78, 5) is 42.1. The second-order valence-corrected chi connectivity index (χ2v) is 9.19. The van der Waals surface area contributed by atoms with E-state index in [1.807, 2.05) is 35.7 Å². The van der Waals surface area contributed by atoms with E-state index in [0.29, 0.717) is 31.0 Å². The van der Waals surface area contributed by atoms with Crippen LogP contribution in [-0.4, -0.2) is 74.2 Å². The van der Waals surface area contributed by atoms with Crippen molar-refractivity contribution in [2.45, 2.75) is 38.8 Å². The normalized spacial score (nSPS) is 12.5. The highest BCUT2D eigenvalue weighted by Gasteiger charge is 2.35. The van der Waals surface area contributed by atoms with E-state index in [9.17, 15) is 14.4 Å². The molecule has 2 aromatic rings. The van der Waals surface area contributed by atoms with Crippen LogP contribution < -0.4 is 14.8 Å². The number of nitrogens with zero attached hydrogens (tertiary/aromatic N) is 2. The molecule has 10 heteroatoms. The molecular formula is C25H33N3O6S. The Hall–Kier alpha value is -3.27. The van der Waals surface area contributed by atoms with Crippen LogP contribution in [0.1, 0.15) is 30.2 Å². The molecule has 1 saturated carbocycles.